The number of amides is 2. The van der Waals surface area contributed by atoms with Crippen LogP contribution >= 0.6 is 0 Å². The van der Waals surface area contributed by atoms with Crippen LogP contribution in [0.25, 0.3) is 0 Å². The normalized spacial score (nSPS) is 16.2. The van der Waals surface area contributed by atoms with Gasteiger partial charge in [0.25, 0.3) is 5.91 Å². The van der Waals surface area contributed by atoms with E-state index in [0.29, 0.717) is 12.3 Å². The van der Waals surface area contributed by atoms with Crippen LogP contribution in [-0.4, -0.2) is 23.9 Å². The van der Waals surface area contributed by atoms with Crippen LogP contribution in [-0.2, 0) is 11.2 Å². The predicted octanol–water partition coefficient (Wildman–Crippen LogP) is 2.54. The highest BCUT2D eigenvalue weighted by molar-refractivity contribution is 5.95. The van der Waals surface area contributed by atoms with Crippen LogP contribution in [0, 0.1) is 5.92 Å². The third-order valence-electron chi connectivity index (χ3n) is 4.35. The van der Waals surface area contributed by atoms with E-state index in [1.165, 1.54) is 6.26 Å². The second-order valence-electron chi connectivity index (χ2n) is 6.33. The van der Waals surface area contributed by atoms with Gasteiger partial charge in [0.05, 0.1) is 6.26 Å². The molecule has 0 radical (unpaired) electrons. The first kappa shape index (κ1) is 16.3. The van der Waals surface area contributed by atoms with Gasteiger partial charge in [-0.1, -0.05) is 30.3 Å². The molecule has 1 heterocycles. The van der Waals surface area contributed by atoms with Crippen molar-refractivity contribution in [1.82, 2.24) is 10.6 Å². The second-order valence-corrected chi connectivity index (χ2v) is 6.33. The van der Waals surface area contributed by atoms with Gasteiger partial charge in [0, 0.05) is 12.5 Å². The molecule has 1 aromatic carbocycles. The fourth-order valence-corrected chi connectivity index (χ4v) is 2.74. The van der Waals surface area contributed by atoms with Gasteiger partial charge in [0.2, 0.25) is 5.91 Å². The van der Waals surface area contributed by atoms with E-state index in [9.17, 15) is 9.59 Å². The van der Waals surface area contributed by atoms with Gasteiger partial charge in [-0.2, -0.15) is 0 Å². The monoisotopic (exact) mass is 326 g/mol. The molecule has 3 rings (SSSR count). The minimum Gasteiger partial charge on any atom is -0.459 e. The number of hydrogen-bond donors (Lipinski definition) is 2. The van der Waals surface area contributed by atoms with Crippen molar-refractivity contribution in [2.45, 2.75) is 38.3 Å². The van der Waals surface area contributed by atoms with E-state index >= 15 is 0 Å². The maximum Gasteiger partial charge on any atom is 0.287 e. The zero-order valence-electron chi connectivity index (χ0n) is 13.7. The van der Waals surface area contributed by atoms with Crippen LogP contribution in [0.5, 0.6) is 0 Å². The van der Waals surface area contributed by atoms with E-state index in [0.717, 1.165) is 18.4 Å². The number of furan rings is 1. The van der Waals surface area contributed by atoms with Gasteiger partial charge in [-0.05, 0) is 43.4 Å². The van der Waals surface area contributed by atoms with Crippen molar-refractivity contribution in [3.8, 4) is 0 Å². The SMILES string of the molecule is CC(NC(=O)C(Cc1ccccc1)NC(=O)c1ccco1)C1CC1. The minimum atomic E-state index is -0.633. The van der Waals surface area contributed by atoms with Crippen molar-refractivity contribution >= 4 is 11.8 Å². The third-order valence-corrected chi connectivity index (χ3v) is 4.35. The number of carbonyl (C=O) groups excluding carboxylic acids is 2. The fourth-order valence-electron chi connectivity index (χ4n) is 2.74. The molecule has 2 aromatic rings. The van der Waals surface area contributed by atoms with E-state index in [-0.39, 0.29) is 23.6 Å². The van der Waals surface area contributed by atoms with E-state index in [1.54, 1.807) is 12.1 Å². The highest BCUT2D eigenvalue weighted by Gasteiger charge is 2.31. The molecule has 126 valence electrons. The average molecular weight is 326 g/mol. The first-order valence-corrected chi connectivity index (χ1v) is 8.32. The Kier molecular flexibility index (Phi) is 4.99. The van der Waals surface area contributed by atoms with Crippen molar-refractivity contribution in [3.63, 3.8) is 0 Å². The molecule has 1 fully saturated rings. The molecule has 2 unspecified atom stereocenters. The lowest BCUT2D eigenvalue weighted by Crippen LogP contribution is -2.50. The van der Waals surface area contributed by atoms with Crippen LogP contribution < -0.4 is 10.6 Å². The zero-order valence-corrected chi connectivity index (χ0v) is 13.7. The maximum absolute atomic E-state index is 12.6. The molecule has 1 saturated carbocycles. The van der Waals surface area contributed by atoms with Gasteiger partial charge in [0.15, 0.2) is 5.76 Å². The van der Waals surface area contributed by atoms with E-state index in [2.05, 4.69) is 10.6 Å². The Morgan fingerprint density at radius 3 is 2.50 bits per heavy atom. The molecular formula is C19H22N2O3. The smallest absolute Gasteiger partial charge is 0.287 e. The van der Waals surface area contributed by atoms with Gasteiger partial charge < -0.3 is 15.1 Å². The summed E-state index contributed by atoms with van der Waals surface area (Å²) in [5, 5.41) is 5.82. The Morgan fingerprint density at radius 1 is 1.12 bits per heavy atom. The standard InChI is InChI=1S/C19H22N2O3/c1-13(15-9-10-15)20-18(22)16(12-14-6-3-2-4-7-14)21-19(23)17-8-5-11-24-17/h2-8,11,13,15-16H,9-10,12H2,1H3,(H,20,22)(H,21,23). The topological polar surface area (TPSA) is 71.3 Å². The molecule has 2 amide bonds. The van der Waals surface area contributed by atoms with E-state index in [1.807, 2.05) is 37.3 Å². The average Bonchev–Trinajstić information content (AvgIpc) is 3.29. The van der Waals surface area contributed by atoms with Crippen LogP contribution in [0.3, 0.4) is 0 Å². The number of carbonyl (C=O) groups is 2. The molecule has 1 aromatic heterocycles. The second kappa shape index (κ2) is 7.34. The van der Waals surface area contributed by atoms with Crippen molar-refractivity contribution in [2.24, 2.45) is 5.92 Å². The van der Waals surface area contributed by atoms with Gasteiger partial charge in [-0.3, -0.25) is 9.59 Å². The molecular weight excluding hydrogens is 304 g/mol. The van der Waals surface area contributed by atoms with E-state index < -0.39 is 6.04 Å². The largest absolute Gasteiger partial charge is 0.459 e. The molecule has 0 saturated heterocycles. The van der Waals surface area contributed by atoms with Crippen LogP contribution in [0.4, 0.5) is 0 Å². The molecule has 5 nitrogen and oxygen atoms in total. The first-order valence-electron chi connectivity index (χ1n) is 8.32. The number of rotatable bonds is 7. The van der Waals surface area contributed by atoms with Gasteiger partial charge >= 0.3 is 0 Å². The molecule has 0 aliphatic heterocycles. The summed E-state index contributed by atoms with van der Waals surface area (Å²) in [4.78, 5) is 24.9. The Balaban J connectivity index is 1.69. The third kappa shape index (κ3) is 4.25. The van der Waals surface area contributed by atoms with Crippen molar-refractivity contribution in [1.29, 1.82) is 0 Å². The van der Waals surface area contributed by atoms with Gasteiger partial charge in [-0.25, -0.2) is 0 Å². The van der Waals surface area contributed by atoms with Crippen LogP contribution in [0.2, 0.25) is 0 Å². The molecule has 1 aliphatic carbocycles. The molecule has 0 bridgehead atoms. The summed E-state index contributed by atoms with van der Waals surface area (Å²) in [6.07, 6.45) is 4.19. The van der Waals surface area contributed by atoms with Crippen molar-refractivity contribution < 1.29 is 14.0 Å². The van der Waals surface area contributed by atoms with Gasteiger partial charge in [-0.15, -0.1) is 0 Å². The molecule has 1 aliphatic rings. The highest BCUT2D eigenvalue weighted by atomic mass is 16.3. The Hall–Kier alpha value is -2.56. The number of nitrogens with one attached hydrogen (secondary N) is 2. The Labute approximate surface area is 141 Å². The maximum atomic E-state index is 12.6. The van der Waals surface area contributed by atoms with E-state index in [4.69, 9.17) is 4.42 Å². The molecule has 24 heavy (non-hydrogen) atoms. The molecule has 2 N–H and O–H groups in total. The lowest BCUT2D eigenvalue weighted by molar-refractivity contribution is -0.123. The molecule has 5 heteroatoms. The lowest BCUT2D eigenvalue weighted by atomic mass is 10.0. The summed E-state index contributed by atoms with van der Waals surface area (Å²) >= 11 is 0. The lowest BCUT2D eigenvalue weighted by Gasteiger charge is -2.21. The Bertz CT molecular complexity index is 678. The number of benzene rings is 1. The summed E-state index contributed by atoms with van der Waals surface area (Å²) in [7, 11) is 0. The van der Waals surface area contributed by atoms with Crippen LogP contribution in [0.15, 0.2) is 53.1 Å². The van der Waals surface area contributed by atoms with Gasteiger partial charge in [0.1, 0.15) is 6.04 Å². The zero-order chi connectivity index (χ0) is 16.9. The highest BCUT2D eigenvalue weighted by Crippen LogP contribution is 2.32. The summed E-state index contributed by atoms with van der Waals surface area (Å²) in [6.45, 7) is 2.02. The predicted molar refractivity (Wildman–Crippen MR) is 90.4 cm³/mol. The summed E-state index contributed by atoms with van der Waals surface area (Å²) < 4.78 is 5.11. The van der Waals surface area contributed by atoms with Crippen molar-refractivity contribution in [2.75, 3.05) is 0 Å². The Morgan fingerprint density at radius 2 is 1.88 bits per heavy atom. The first-order chi connectivity index (χ1) is 11.6. The summed E-state index contributed by atoms with van der Waals surface area (Å²) in [5.41, 5.74) is 0.997. The quantitative estimate of drug-likeness (QED) is 0.821. The fraction of sp³-hybridized carbons (Fsp3) is 0.368. The number of hydrogen-bond acceptors (Lipinski definition) is 3. The molecule has 2 atom stereocenters. The summed E-state index contributed by atoms with van der Waals surface area (Å²) in [6, 6.07) is 12.4. The minimum absolute atomic E-state index is 0.135. The molecule has 0 spiro atoms. The summed E-state index contributed by atoms with van der Waals surface area (Å²) in [5.74, 6) is 0.233. The van der Waals surface area contributed by atoms with Crippen LogP contribution in [0.1, 0.15) is 35.9 Å². The van der Waals surface area contributed by atoms with Crippen molar-refractivity contribution in [3.05, 3.63) is 60.1 Å².